The molecule has 0 spiro atoms. The van der Waals surface area contributed by atoms with Crippen molar-refractivity contribution >= 4 is 0 Å². The van der Waals surface area contributed by atoms with Gasteiger partial charge < -0.3 is 0 Å². The van der Waals surface area contributed by atoms with E-state index < -0.39 is 0 Å². The second-order valence-corrected chi connectivity index (χ2v) is 2.76. The van der Waals surface area contributed by atoms with Crippen LogP contribution in [0, 0.1) is 0 Å². The Bertz CT molecular complexity index is 140. The average molecular weight is 122 g/mol. The molecule has 1 aliphatic carbocycles. The fourth-order valence-corrected chi connectivity index (χ4v) is 1.23. The van der Waals surface area contributed by atoms with Crippen LogP contribution in [-0.2, 0) is 0 Å². The molecule has 0 nitrogen and oxygen atoms in total. The van der Waals surface area contributed by atoms with Gasteiger partial charge in [-0.05, 0) is 38.2 Å². The summed E-state index contributed by atoms with van der Waals surface area (Å²) in [4.78, 5) is 0. The van der Waals surface area contributed by atoms with Crippen molar-refractivity contribution in [1.82, 2.24) is 0 Å². The molecule has 0 N–H and O–H groups in total. The van der Waals surface area contributed by atoms with Gasteiger partial charge in [0.1, 0.15) is 0 Å². The Morgan fingerprint density at radius 3 is 2.67 bits per heavy atom. The van der Waals surface area contributed by atoms with Crippen LogP contribution in [0.4, 0.5) is 0 Å². The molecule has 50 valence electrons. The lowest BCUT2D eigenvalue weighted by atomic mass is 9.95. The highest BCUT2D eigenvalue weighted by molar-refractivity contribution is 5.26. The minimum Gasteiger partial charge on any atom is -0.0958 e. The van der Waals surface area contributed by atoms with Crippen molar-refractivity contribution in [2.24, 2.45) is 0 Å². The van der Waals surface area contributed by atoms with Gasteiger partial charge in [0.25, 0.3) is 0 Å². The zero-order valence-corrected chi connectivity index (χ0v) is 6.11. The molecule has 1 rings (SSSR count). The van der Waals surface area contributed by atoms with E-state index in [2.05, 4.69) is 19.6 Å². The normalized spacial score (nSPS) is 19.0. The Hall–Kier alpha value is -0.520. The molecule has 0 unspecified atom stereocenters. The van der Waals surface area contributed by atoms with Crippen LogP contribution in [0.5, 0.6) is 0 Å². The molecular formula is C9H14. The first-order valence-electron chi connectivity index (χ1n) is 3.65. The molecule has 0 heteroatoms. The third-order valence-electron chi connectivity index (χ3n) is 1.84. The zero-order chi connectivity index (χ0) is 6.69. The SMILES string of the molecule is C=C(C)C1=CCCCC1. The second kappa shape index (κ2) is 2.86. The summed E-state index contributed by atoms with van der Waals surface area (Å²) in [5, 5.41) is 0. The van der Waals surface area contributed by atoms with Gasteiger partial charge in [0.15, 0.2) is 0 Å². The van der Waals surface area contributed by atoms with Gasteiger partial charge in [-0.1, -0.05) is 18.2 Å². The van der Waals surface area contributed by atoms with E-state index >= 15 is 0 Å². The van der Waals surface area contributed by atoms with Crippen molar-refractivity contribution in [2.45, 2.75) is 32.6 Å². The molecule has 0 amide bonds. The molecule has 0 bridgehead atoms. The number of allylic oxidation sites excluding steroid dienone is 3. The Labute approximate surface area is 57.3 Å². The summed E-state index contributed by atoms with van der Waals surface area (Å²) in [5.74, 6) is 0. The molecule has 0 aromatic heterocycles. The van der Waals surface area contributed by atoms with Crippen LogP contribution in [-0.4, -0.2) is 0 Å². The summed E-state index contributed by atoms with van der Waals surface area (Å²) in [6.07, 6.45) is 7.58. The van der Waals surface area contributed by atoms with Crippen LogP contribution < -0.4 is 0 Å². The van der Waals surface area contributed by atoms with E-state index in [1.807, 2.05) is 0 Å². The van der Waals surface area contributed by atoms with Crippen molar-refractivity contribution in [3.63, 3.8) is 0 Å². The topological polar surface area (TPSA) is 0 Å². The van der Waals surface area contributed by atoms with Gasteiger partial charge >= 0.3 is 0 Å². The van der Waals surface area contributed by atoms with Gasteiger partial charge in [-0.2, -0.15) is 0 Å². The van der Waals surface area contributed by atoms with Gasteiger partial charge in [-0.15, -0.1) is 0 Å². The van der Waals surface area contributed by atoms with E-state index in [-0.39, 0.29) is 0 Å². The fraction of sp³-hybridized carbons (Fsp3) is 0.556. The van der Waals surface area contributed by atoms with E-state index in [0.29, 0.717) is 0 Å². The van der Waals surface area contributed by atoms with Crippen LogP contribution in [0.25, 0.3) is 0 Å². The van der Waals surface area contributed by atoms with Crippen LogP contribution in [0.15, 0.2) is 23.8 Å². The lowest BCUT2D eigenvalue weighted by molar-refractivity contribution is 0.706. The van der Waals surface area contributed by atoms with E-state index in [1.165, 1.54) is 36.8 Å². The molecule has 0 aliphatic heterocycles. The molecule has 0 aromatic rings. The van der Waals surface area contributed by atoms with Crippen molar-refractivity contribution < 1.29 is 0 Å². The highest BCUT2D eigenvalue weighted by atomic mass is 14.1. The highest BCUT2D eigenvalue weighted by Gasteiger charge is 2.01. The van der Waals surface area contributed by atoms with Gasteiger partial charge in [0, 0.05) is 0 Å². The summed E-state index contributed by atoms with van der Waals surface area (Å²) in [6, 6.07) is 0. The maximum atomic E-state index is 3.91. The van der Waals surface area contributed by atoms with Crippen LogP contribution in [0.3, 0.4) is 0 Å². The number of rotatable bonds is 1. The quantitative estimate of drug-likeness (QED) is 0.501. The first-order valence-corrected chi connectivity index (χ1v) is 3.65. The molecule has 9 heavy (non-hydrogen) atoms. The van der Waals surface area contributed by atoms with Crippen molar-refractivity contribution in [3.8, 4) is 0 Å². The highest BCUT2D eigenvalue weighted by Crippen LogP contribution is 2.21. The zero-order valence-electron chi connectivity index (χ0n) is 6.11. The predicted molar refractivity (Wildman–Crippen MR) is 41.4 cm³/mol. The van der Waals surface area contributed by atoms with Crippen molar-refractivity contribution in [1.29, 1.82) is 0 Å². The monoisotopic (exact) mass is 122 g/mol. The van der Waals surface area contributed by atoms with Crippen LogP contribution >= 0.6 is 0 Å². The molecule has 0 saturated carbocycles. The first-order chi connectivity index (χ1) is 4.30. The van der Waals surface area contributed by atoms with Gasteiger partial charge in [-0.25, -0.2) is 0 Å². The maximum Gasteiger partial charge on any atom is -0.0280 e. The third kappa shape index (κ3) is 1.70. The Kier molecular flexibility index (Phi) is 2.10. The second-order valence-electron chi connectivity index (χ2n) is 2.76. The Balaban J connectivity index is 2.57. The molecule has 0 aromatic carbocycles. The summed E-state index contributed by atoms with van der Waals surface area (Å²) < 4.78 is 0. The van der Waals surface area contributed by atoms with Gasteiger partial charge in [0.05, 0.1) is 0 Å². The molecule has 0 atom stereocenters. The van der Waals surface area contributed by atoms with Gasteiger partial charge in [0.2, 0.25) is 0 Å². The smallest absolute Gasteiger partial charge is 0.0280 e. The fourth-order valence-electron chi connectivity index (χ4n) is 1.23. The van der Waals surface area contributed by atoms with Crippen LogP contribution in [0.1, 0.15) is 32.6 Å². The molecule has 0 heterocycles. The summed E-state index contributed by atoms with van der Waals surface area (Å²) in [7, 11) is 0. The molecule has 1 aliphatic rings. The number of hydrogen-bond acceptors (Lipinski definition) is 0. The van der Waals surface area contributed by atoms with E-state index in [0.717, 1.165) is 0 Å². The molecule has 0 fully saturated rings. The van der Waals surface area contributed by atoms with Crippen molar-refractivity contribution in [2.75, 3.05) is 0 Å². The van der Waals surface area contributed by atoms with Gasteiger partial charge in [-0.3, -0.25) is 0 Å². The van der Waals surface area contributed by atoms with E-state index in [1.54, 1.807) is 0 Å². The van der Waals surface area contributed by atoms with E-state index in [9.17, 15) is 0 Å². The lowest BCUT2D eigenvalue weighted by Crippen LogP contribution is -1.91. The first kappa shape index (κ1) is 6.60. The minimum atomic E-state index is 1.26. The summed E-state index contributed by atoms with van der Waals surface area (Å²) >= 11 is 0. The summed E-state index contributed by atoms with van der Waals surface area (Å²) in [6.45, 7) is 6.00. The third-order valence-corrected chi connectivity index (χ3v) is 1.84. The van der Waals surface area contributed by atoms with Crippen molar-refractivity contribution in [3.05, 3.63) is 23.8 Å². The predicted octanol–water partition coefficient (Wildman–Crippen LogP) is 3.06. The number of hydrogen-bond donors (Lipinski definition) is 0. The van der Waals surface area contributed by atoms with E-state index in [4.69, 9.17) is 0 Å². The largest absolute Gasteiger partial charge is 0.0958 e. The Morgan fingerprint density at radius 1 is 1.56 bits per heavy atom. The standard InChI is InChI=1S/C9H14/c1-8(2)9-6-4-3-5-7-9/h6H,1,3-5,7H2,2H3. The minimum absolute atomic E-state index is 1.26. The molecular weight excluding hydrogens is 108 g/mol. The molecule has 0 radical (unpaired) electrons. The Morgan fingerprint density at radius 2 is 2.33 bits per heavy atom. The molecule has 0 saturated heterocycles. The average Bonchev–Trinajstić information content (AvgIpc) is 1.90. The van der Waals surface area contributed by atoms with Crippen LogP contribution in [0.2, 0.25) is 0 Å². The summed E-state index contributed by atoms with van der Waals surface area (Å²) in [5.41, 5.74) is 2.75. The maximum absolute atomic E-state index is 3.91. The lowest BCUT2D eigenvalue weighted by Gasteiger charge is -2.11.